The number of benzene rings is 8. The predicted molar refractivity (Wildman–Crippen MR) is 265 cm³/mol. The fraction of sp³-hybridized carbons (Fsp3) is 0.193. The van der Waals surface area contributed by atoms with E-state index in [9.17, 15) is 24.9 Å². The summed E-state index contributed by atoms with van der Waals surface area (Å²) < 4.78 is 34.0. The van der Waals surface area contributed by atoms with Crippen LogP contribution in [-0.2, 0) is 30.4 Å². The quantitative estimate of drug-likeness (QED) is 0.0381. The summed E-state index contributed by atoms with van der Waals surface area (Å²) in [5.41, 5.74) is 5.33. The van der Waals surface area contributed by atoms with Crippen molar-refractivity contribution in [2.45, 2.75) is 39.0 Å². The van der Waals surface area contributed by atoms with Gasteiger partial charge in [0.1, 0.15) is 62.5 Å². The van der Waals surface area contributed by atoms with E-state index in [-0.39, 0.29) is 50.8 Å². The Morgan fingerprint density at radius 2 is 0.809 bits per heavy atom. The van der Waals surface area contributed by atoms with Gasteiger partial charge in [0.05, 0.1) is 6.61 Å². The van der Waals surface area contributed by atoms with Crippen LogP contribution in [0.5, 0.6) is 17.2 Å². The Labute approximate surface area is 394 Å². The van der Waals surface area contributed by atoms with E-state index >= 15 is 0 Å². The normalized spacial score (nSPS) is 12.7. The van der Waals surface area contributed by atoms with Gasteiger partial charge in [0, 0.05) is 11.1 Å². The lowest BCUT2D eigenvalue weighted by Gasteiger charge is -2.16. The minimum atomic E-state index is -1.21. The van der Waals surface area contributed by atoms with E-state index in [1.54, 1.807) is 13.8 Å². The molecule has 0 bridgehead atoms. The molecule has 8 aromatic rings. The molecule has 8 aromatic carbocycles. The third-order valence-corrected chi connectivity index (χ3v) is 11.3. The minimum Gasteiger partial charge on any atom is -0.491 e. The summed E-state index contributed by atoms with van der Waals surface area (Å²) in [6.07, 6.45) is -3.24. The number of aliphatic hydroxyl groups is 3. The molecule has 68 heavy (non-hydrogen) atoms. The van der Waals surface area contributed by atoms with Crippen LogP contribution in [-0.4, -0.2) is 78.8 Å². The summed E-state index contributed by atoms with van der Waals surface area (Å²) in [6, 6.07) is 47.8. The van der Waals surface area contributed by atoms with Gasteiger partial charge in [-0.1, -0.05) is 116 Å². The van der Waals surface area contributed by atoms with E-state index in [4.69, 9.17) is 28.4 Å². The Bertz CT molecular complexity index is 2950. The highest BCUT2D eigenvalue weighted by molar-refractivity contribution is 6.07. The molecule has 0 amide bonds. The Kier molecular flexibility index (Phi) is 14.8. The molecular weight excluding hydrogens is 861 g/mol. The van der Waals surface area contributed by atoms with Crippen LogP contribution in [0.15, 0.2) is 170 Å². The maximum atomic E-state index is 11.7. The summed E-state index contributed by atoms with van der Waals surface area (Å²) >= 11 is 0. The summed E-state index contributed by atoms with van der Waals surface area (Å²) in [5, 5.41) is 39.7. The van der Waals surface area contributed by atoms with Crippen LogP contribution < -0.4 is 14.2 Å². The number of hydrogen-bond acceptors (Lipinski definition) is 11. The largest absolute Gasteiger partial charge is 0.491 e. The van der Waals surface area contributed by atoms with Gasteiger partial charge in [0.2, 0.25) is 0 Å². The van der Waals surface area contributed by atoms with Gasteiger partial charge in [-0.3, -0.25) is 0 Å². The molecule has 0 aliphatic heterocycles. The molecule has 3 unspecified atom stereocenters. The fourth-order valence-corrected chi connectivity index (χ4v) is 7.85. The number of esters is 2. The SMILES string of the molecule is C=C(C)C(=O)OCC(O)COc1ccc2cccc(-c3cccc4ccc(COC(O)COc5ccc6cccc(-c7cccc8ccc(OCC(O)COC(=O)C(=C)C)cc78)c6c5)cc34)c2c1. The van der Waals surface area contributed by atoms with Crippen molar-refractivity contribution >= 4 is 55.0 Å². The Morgan fingerprint density at radius 3 is 1.19 bits per heavy atom. The van der Waals surface area contributed by atoms with Crippen molar-refractivity contribution in [1.29, 1.82) is 0 Å². The first-order valence-corrected chi connectivity index (χ1v) is 22.2. The molecule has 0 heterocycles. The zero-order chi connectivity index (χ0) is 47.7. The van der Waals surface area contributed by atoms with Crippen LogP contribution in [0.3, 0.4) is 0 Å². The van der Waals surface area contributed by atoms with Crippen LogP contribution in [0.25, 0.3) is 65.3 Å². The predicted octanol–water partition coefficient (Wildman–Crippen LogP) is 10.3. The van der Waals surface area contributed by atoms with Gasteiger partial charge in [-0.05, 0) is 127 Å². The smallest absolute Gasteiger partial charge is 0.333 e. The monoisotopic (exact) mass is 912 g/mol. The van der Waals surface area contributed by atoms with Gasteiger partial charge < -0.3 is 43.7 Å². The first kappa shape index (κ1) is 47.0. The molecule has 0 fully saturated rings. The van der Waals surface area contributed by atoms with Crippen LogP contribution >= 0.6 is 0 Å². The molecule has 11 nitrogen and oxygen atoms in total. The van der Waals surface area contributed by atoms with Crippen molar-refractivity contribution in [2.75, 3.05) is 33.0 Å². The topological polar surface area (TPSA) is 150 Å². The lowest BCUT2D eigenvalue weighted by atomic mass is 9.93. The molecule has 346 valence electrons. The lowest BCUT2D eigenvalue weighted by molar-refractivity contribution is -0.143. The standard InChI is InChI=1S/C57H52O11/c1-35(2)56(61)67-32-42(58)30-63-44-22-19-39-10-6-14-48(52(39)26-44)47-13-5-9-38-18-17-37(25-51(38)47)29-66-55(60)34-65-46-24-21-41-12-8-16-50(54(41)28-46)49-15-7-11-40-20-23-45(27-53(40)49)64-31-43(59)33-68-57(62)36(3)4/h5-28,42-43,55,58-60H,1,3,29-34H2,2,4H3. The average Bonchev–Trinajstić information content (AvgIpc) is 3.35. The molecule has 0 spiro atoms. The number of hydrogen-bond donors (Lipinski definition) is 3. The van der Waals surface area contributed by atoms with Crippen molar-refractivity contribution in [1.82, 2.24) is 0 Å². The van der Waals surface area contributed by atoms with Crippen molar-refractivity contribution in [2.24, 2.45) is 0 Å². The maximum Gasteiger partial charge on any atom is 0.333 e. The van der Waals surface area contributed by atoms with Gasteiger partial charge in [0.25, 0.3) is 0 Å². The summed E-state index contributed by atoms with van der Waals surface area (Å²) in [4.78, 5) is 23.5. The molecule has 0 saturated heterocycles. The van der Waals surface area contributed by atoms with E-state index in [1.165, 1.54) is 0 Å². The van der Waals surface area contributed by atoms with E-state index in [0.29, 0.717) is 17.2 Å². The third-order valence-electron chi connectivity index (χ3n) is 11.3. The van der Waals surface area contributed by atoms with Crippen LogP contribution in [0.2, 0.25) is 0 Å². The van der Waals surface area contributed by atoms with Crippen molar-refractivity contribution in [3.63, 3.8) is 0 Å². The summed E-state index contributed by atoms with van der Waals surface area (Å²) in [7, 11) is 0. The Morgan fingerprint density at radius 1 is 0.456 bits per heavy atom. The van der Waals surface area contributed by atoms with Crippen molar-refractivity contribution < 1.29 is 53.3 Å². The summed E-state index contributed by atoms with van der Waals surface area (Å²) in [6.45, 7) is 9.72. The second kappa shape index (κ2) is 21.4. The zero-order valence-electron chi connectivity index (χ0n) is 37.9. The molecule has 0 aromatic heterocycles. The minimum absolute atomic E-state index is 0.0608. The highest BCUT2D eigenvalue weighted by Gasteiger charge is 2.16. The molecule has 0 aliphatic rings. The number of carbonyl (C=O) groups is 2. The summed E-state index contributed by atoms with van der Waals surface area (Å²) in [5.74, 6) is 0.553. The molecular formula is C57H52O11. The van der Waals surface area contributed by atoms with E-state index < -0.39 is 30.4 Å². The Balaban J connectivity index is 0.933. The van der Waals surface area contributed by atoms with Gasteiger partial charge in [-0.25, -0.2) is 9.59 Å². The fourth-order valence-electron chi connectivity index (χ4n) is 7.85. The number of ether oxygens (including phenoxy) is 6. The first-order chi connectivity index (χ1) is 32.9. The molecule has 8 rings (SSSR count). The number of carbonyl (C=O) groups excluding carboxylic acids is 2. The second-order valence-electron chi connectivity index (χ2n) is 16.7. The van der Waals surface area contributed by atoms with Gasteiger partial charge in [-0.15, -0.1) is 0 Å². The van der Waals surface area contributed by atoms with Gasteiger partial charge in [0.15, 0.2) is 6.29 Å². The van der Waals surface area contributed by atoms with Gasteiger partial charge >= 0.3 is 11.9 Å². The number of fused-ring (bicyclic) bond motifs is 4. The van der Waals surface area contributed by atoms with Crippen LogP contribution in [0, 0.1) is 0 Å². The van der Waals surface area contributed by atoms with E-state index in [1.807, 2.05) is 115 Å². The highest BCUT2D eigenvalue weighted by atomic mass is 16.6. The van der Waals surface area contributed by atoms with Crippen molar-refractivity contribution in [3.8, 4) is 39.5 Å². The third kappa shape index (κ3) is 11.3. The lowest BCUT2D eigenvalue weighted by Crippen LogP contribution is -2.25. The Hall–Kier alpha value is -7.54. The second-order valence-corrected chi connectivity index (χ2v) is 16.7. The van der Waals surface area contributed by atoms with Gasteiger partial charge in [-0.2, -0.15) is 0 Å². The molecule has 3 N–H and O–H groups in total. The molecule has 3 atom stereocenters. The van der Waals surface area contributed by atoms with E-state index in [2.05, 4.69) is 43.5 Å². The highest BCUT2D eigenvalue weighted by Crippen LogP contribution is 2.38. The molecule has 0 aliphatic carbocycles. The van der Waals surface area contributed by atoms with Crippen LogP contribution in [0.4, 0.5) is 0 Å². The zero-order valence-corrected chi connectivity index (χ0v) is 37.9. The first-order valence-electron chi connectivity index (χ1n) is 22.2. The van der Waals surface area contributed by atoms with Crippen molar-refractivity contribution in [3.05, 3.63) is 175 Å². The van der Waals surface area contributed by atoms with E-state index in [0.717, 1.165) is 70.9 Å². The average molecular weight is 913 g/mol. The number of rotatable bonds is 20. The number of aliphatic hydroxyl groups excluding tert-OH is 3. The molecule has 0 saturated carbocycles. The van der Waals surface area contributed by atoms with Crippen LogP contribution in [0.1, 0.15) is 19.4 Å². The molecule has 0 radical (unpaired) electrons. The maximum absolute atomic E-state index is 11.7. The molecule has 11 heteroatoms.